The van der Waals surface area contributed by atoms with E-state index in [0.29, 0.717) is 11.1 Å². The highest BCUT2D eigenvalue weighted by Crippen LogP contribution is 2.36. The molecule has 1 aromatic rings. The average Bonchev–Trinajstić information content (AvgIpc) is 2.47. The number of halogens is 4. The lowest BCUT2D eigenvalue weighted by atomic mass is 10.1. The molecule has 1 aliphatic rings. The quantitative estimate of drug-likeness (QED) is 0.142. The number of rotatable bonds is 0. The lowest BCUT2D eigenvalue weighted by molar-refractivity contribution is 0.0443. The summed E-state index contributed by atoms with van der Waals surface area (Å²) in [6, 6.07) is 0. The molecule has 1 heterocycles. The Morgan fingerprint density at radius 3 is 1.33 bits per heavy atom. The Morgan fingerprint density at radius 2 is 1.00 bits per heavy atom. The highest BCUT2D eigenvalue weighted by atomic mass is 127. The van der Waals surface area contributed by atoms with Crippen molar-refractivity contribution in [3.8, 4) is 0 Å². The Bertz CT molecular complexity index is 464. The van der Waals surface area contributed by atoms with Crippen LogP contribution in [0.4, 0.5) is 0 Å². The SMILES string of the molecule is O=C1OC(=O)c2c(I)c(I)c(I)c(I)c21. The molecular weight excluding hydrogens is 652 g/mol. The van der Waals surface area contributed by atoms with Crippen LogP contribution in [0.3, 0.4) is 0 Å². The average molecular weight is 652 g/mol. The van der Waals surface area contributed by atoms with Gasteiger partial charge < -0.3 is 4.74 Å². The molecule has 0 fully saturated rings. The van der Waals surface area contributed by atoms with Crippen molar-refractivity contribution in [1.29, 1.82) is 0 Å². The van der Waals surface area contributed by atoms with E-state index in [9.17, 15) is 9.59 Å². The first-order valence-corrected chi connectivity index (χ1v) is 7.89. The van der Waals surface area contributed by atoms with Gasteiger partial charge in [0, 0.05) is 14.3 Å². The molecule has 0 atom stereocenters. The molecule has 3 nitrogen and oxygen atoms in total. The van der Waals surface area contributed by atoms with Gasteiger partial charge in [0.05, 0.1) is 11.1 Å². The van der Waals surface area contributed by atoms with Crippen molar-refractivity contribution < 1.29 is 14.3 Å². The molecule has 0 aromatic heterocycles. The first kappa shape index (κ1) is 12.7. The van der Waals surface area contributed by atoms with Crippen molar-refractivity contribution >= 4 is 102 Å². The fourth-order valence-corrected chi connectivity index (χ4v) is 4.83. The van der Waals surface area contributed by atoms with Gasteiger partial charge in [-0.15, -0.1) is 0 Å². The molecule has 0 saturated heterocycles. The van der Waals surface area contributed by atoms with E-state index in [1.165, 1.54) is 0 Å². The summed E-state index contributed by atoms with van der Waals surface area (Å²) < 4.78 is 8.18. The van der Waals surface area contributed by atoms with Crippen LogP contribution >= 0.6 is 90.4 Å². The smallest absolute Gasteiger partial charge is 0.348 e. The van der Waals surface area contributed by atoms with Crippen LogP contribution in [0, 0.1) is 14.3 Å². The zero-order chi connectivity index (χ0) is 11.3. The van der Waals surface area contributed by atoms with E-state index in [-0.39, 0.29) is 0 Å². The van der Waals surface area contributed by atoms with Crippen molar-refractivity contribution in [2.24, 2.45) is 0 Å². The lowest BCUT2D eigenvalue weighted by Gasteiger charge is -2.06. The number of ether oxygens (including phenoxy) is 1. The second-order valence-electron chi connectivity index (χ2n) is 2.68. The fraction of sp³-hybridized carbons (Fsp3) is 0. The molecule has 78 valence electrons. The minimum Gasteiger partial charge on any atom is -0.386 e. The van der Waals surface area contributed by atoms with Crippen LogP contribution in [0.25, 0.3) is 0 Å². The summed E-state index contributed by atoms with van der Waals surface area (Å²) in [5.74, 6) is -1.07. The highest BCUT2D eigenvalue weighted by molar-refractivity contribution is 14.1. The summed E-state index contributed by atoms with van der Waals surface area (Å²) in [6.45, 7) is 0. The molecule has 0 N–H and O–H groups in total. The van der Waals surface area contributed by atoms with Gasteiger partial charge in [0.25, 0.3) is 0 Å². The molecule has 1 aromatic carbocycles. The van der Waals surface area contributed by atoms with E-state index < -0.39 is 11.9 Å². The van der Waals surface area contributed by atoms with Gasteiger partial charge in [0.2, 0.25) is 0 Å². The molecule has 1 aliphatic heterocycles. The van der Waals surface area contributed by atoms with E-state index in [1.807, 2.05) is 0 Å². The molecule has 0 radical (unpaired) electrons. The van der Waals surface area contributed by atoms with E-state index in [0.717, 1.165) is 14.3 Å². The second-order valence-corrected chi connectivity index (χ2v) is 7.00. The van der Waals surface area contributed by atoms with Crippen molar-refractivity contribution in [1.82, 2.24) is 0 Å². The normalized spacial score (nSPS) is 14.1. The monoisotopic (exact) mass is 652 g/mol. The van der Waals surface area contributed by atoms with E-state index >= 15 is 0 Å². The lowest BCUT2D eigenvalue weighted by Crippen LogP contribution is -2.04. The fourth-order valence-electron chi connectivity index (χ4n) is 1.20. The summed E-state index contributed by atoms with van der Waals surface area (Å²) in [4.78, 5) is 22.9. The zero-order valence-electron chi connectivity index (χ0n) is 6.74. The van der Waals surface area contributed by atoms with Gasteiger partial charge in [-0.3, -0.25) is 0 Å². The summed E-state index contributed by atoms with van der Waals surface area (Å²) in [5, 5.41) is 0. The third kappa shape index (κ3) is 1.94. The Morgan fingerprint density at radius 1 is 0.667 bits per heavy atom. The van der Waals surface area contributed by atoms with Crippen LogP contribution in [0.5, 0.6) is 0 Å². The van der Waals surface area contributed by atoms with Gasteiger partial charge in [-0.2, -0.15) is 0 Å². The summed E-state index contributed by atoms with van der Waals surface area (Å²) in [7, 11) is 0. The maximum Gasteiger partial charge on any atom is 0.348 e. The number of esters is 2. The molecule has 0 spiro atoms. The van der Waals surface area contributed by atoms with Gasteiger partial charge in [-0.25, -0.2) is 9.59 Å². The van der Waals surface area contributed by atoms with Crippen molar-refractivity contribution in [2.75, 3.05) is 0 Å². The van der Waals surface area contributed by atoms with Crippen LogP contribution in [-0.2, 0) is 4.74 Å². The summed E-state index contributed by atoms with van der Waals surface area (Å²) >= 11 is 8.47. The van der Waals surface area contributed by atoms with Crippen LogP contribution in [-0.4, -0.2) is 11.9 Å². The number of carbonyl (C=O) groups excluding carboxylic acids is 2. The molecule has 15 heavy (non-hydrogen) atoms. The largest absolute Gasteiger partial charge is 0.386 e. The first-order valence-electron chi connectivity index (χ1n) is 3.57. The first-order chi connectivity index (χ1) is 6.95. The standard InChI is InChI=1S/C8I4O3/c9-3-1-2(8(14)15-7(1)13)4(10)6(12)5(3)11. The third-order valence-electron chi connectivity index (χ3n) is 1.86. The molecule has 0 saturated carbocycles. The topological polar surface area (TPSA) is 43.4 Å². The third-order valence-corrected chi connectivity index (χ3v) is 9.27. The molecule has 0 amide bonds. The second kappa shape index (κ2) is 4.51. The van der Waals surface area contributed by atoms with Crippen molar-refractivity contribution in [2.45, 2.75) is 0 Å². The van der Waals surface area contributed by atoms with Crippen LogP contribution < -0.4 is 0 Å². The highest BCUT2D eigenvalue weighted by Gasteiger charge is 2.36. The summed E-state index contributed by atoms with van der Waals surface area (Å²) in [5.41, 5.74) is 0.824. The zero-order valence-corrected chi connectivity index (χ0v) is 15.4. The van der Waals surface area contributed by atoms with Gasteiger partial charge in [-0.1, -0.05) is 0 Å². The van der Waals surface area contributed by atoms with Crippen LogP contribution in [0.2, 0.25) is 0 Å². The molecule has 0 bridgehead atoms. The van der Waals surface area contributed by atoms with Crippen molar-refractivity contribution in [3.63, 3.8) is 0 Å². The van der Waals surface area contributed by atoms with E-state index in [1.54, 1.807) is 0 Å². The molecule has 0 unspecified atom stereocenters. The molecule has 0 aliphatic carbocycles. The van der Waals surface area contributed by atoms with Gasteiger partial charge >= 0.3 is 11.9 Å². The molecule has 7 heteroatoms. The van der Waals surface area contributed by atoms with E-state index in [4.69, 9.17) is 0 Å². The Kier molecular flexibility index (Phi) is 3.83. The maximum absolute atomic E-state index is 11.5. The maximum atomic E-state index is 11.5. The number of hydrogen-bond acceptors (Lipinski definition) is 3. The van der Waals surface area contributed by atoms with Crippen molar-refractivity contribution in [3.05, 3.63) is 25.4 Å². The Hall–Kier alpha value is 1.28. The Labute approximate surface area is 140 Å². The van der Waals surface area contributed by atoms with Gasteiger partial charge in [-0.05, 0) is 90.4 Å². The summed E-state index contributed by atoms with van der Waals surface area (Å²) in [6.07, 6.45) is 0. The van der Waals surface area contributed by atoms with Crippen LogP contribution in [0.1, 0.15) is 20.7 Å². The number of carbonyl (C=O) groups is 2. The number of cyclic esters (lactones) is 2. The van der Waals surface area contributed by atoms with Gasteiger partial charge in [0.1, 0.15) is 0 Å². The van der Waals surface area contributed by atoms with Crippen LogP contribution in [0.15, 0.2) is 0 Å². The predicted octanol–water partition coefficient (Wildman–Crippen LogP) is 3.42. The van der Waals surface area contributed by atoms with Gasteiger partial charge in [0.15, 0.2) is 0 Å². The number of hydrogen-bond donors (Lipinski definition) is 0. The number of fused-ring (bicyclic) bond motifs is 1. The van der Waals surface area contributed by atoms with E-state index in [2.05, 4.69) is 95.1 Å². The minimum absolute atomic E-state index is 0.412. The Balaban J connectivity index is 2.92. The molecular formula is C8I4O3. The minimum atomic E-state index is -0.536. The number of benzene rings is 1. The predicted molar refractivity (Wildman–Crippen MR) is 87.1 cm³/mol. The molecule has 2 rings (SSSR count).